The zero-order chi connectivity index (χ0) is 15.8. The second-order valence-electron chi connectivity index (χ2n) is 4.26. The average molecular weight is 300 g/mol. The van der Waals surface area contributed by atoms with E-state index in [1.807, 2.05) is 0 Å². The van der Waals surface area contributed by atoms with Crippen LogP contribution in [0.3, 0.4) is 0 Å². The molecular formula is C14H8F4O3. The first kappa shape index (κ1) is 15.0. The third-order valence-corrected chi connectivity index (χ3v) is 2.95. The van der Waals surface area contributed by atoms with E-state index in [2.05, 4.69) is 0 Å². The van der Waals surface area contributed by atoms with Crippen LogP contribution in [0.4, 0.5) is 17.6 Å². The molecule has 21 heavy (non-hydrogen) atoms. The van der Waals surface area contributed by atoms with Crippen molar-refractivity contribution in [3.05, 3.63) is 70.8 Å². The van der Waals surface area contributed by atoms with Gasteiger partial charge in [-0.25, -0.2) is 22.4 Å². The van der Waals surface area contributed by atoms with Crippen LogP contribution < -0.4 is 0 Å². The molecule has 0 saturated heterocycles. The van der Waals surface area contributed by atoms with Crippen molar-refractivity contribution in [1.29, 1.82) is 0 Å². The van der Waals surface area contributed by atoms with Gasteiger partial charge in [-0.15, -0.1) is 0 Å². The third kappa shape index (κ3) is 2.47. The van der Waals surface area contributed by atoms with Gasteiger partial charge in [0.05, 0.1) is 0 Å². The molecule has 2 aromatic carbocycles. The third-order valence-electron chi connectivity index (χ3n) is 2.95. The molecule has 0 aliphatic carbocycles. The van der Waals surface area contributed by atoms with E-state index in [0.717, 1.165) is 0 Å². The maximum atomic E-state index is 13.7. The van der Waals surface area contributed by atoms with E-state index in [1.54, 1.807) is 0 Å². The van der Waals surface area contributed by atoms with Crippen molar-refractivity contribution >= 4 is 5.97 Å². The molecule has 0 atom stereocenters. The smallest absolute Gasteiger partial charge is 0.345 e. The van der Waals surface area contributed by atoms with Gasteiger partial charge in [-0.05, 0) is 24.3 Å². The minimum absolute atomic E-state index is 0.352. The number of carboxylic acid groups (broad SMARTS) is 1. The Hall–Kier alpha value is -2.41. The number of hydrogen-bond donors (Lipinski definition) is 2. The van der Waals surface area contributed by atoms with Gasteiger partial charge in [-0.3, -0.25) is 0 Å². The van der Waals surface area contributed by atoms with E-state index in [9.17, 15) is 27.5 Å². The summed E-state index contributed by atoms with van der Waals surface area (Å²) in [5, 5.41) is 19.4. The summed E-state index contributed by atoms with van der Waals surface area (Å²) in [6, 6.07) is 3.50. The second kappa shape index (κ2) is 5.17. The molecule has 0 amide bonds. The highest BCUT2D eigenvalue weighted by Gasteiger charge is 2.44. The van der Waals surface area contributed by atoms with Crippen molar-refractivity contribution in [2.75, 3.05) is 0 Å². The SMILES string of the molecule is O=C(O)C(O)(c1ccc(F)cc1F)c1ccc(F)cc1F. The molecule has 7 heteroatoms. The van der Waals surface area contributed by atoms with Crippen LogP contribution in [-0.2, 0) is 10.4 Å². The quantitative estimate of drug-likeness (QED) is 0.857. The number of rotatable bonds is 3. The van der Waals surface area contributed by atoms with Crippen molar-refractivity contribution in [3.8, 4) is 0 Å². The molecule has 0 radical (unpaired) electrons. The lowest BCUT2D eigenvalue weighted by Crippen LogP contribution is -2.38. The fourth-order valence-electron chi connectivity index (χ4n) is 1.94. The summed E-state index contributed by atoms with van der Waals surface area (Å²) >= 11 is 0. The lowest BCUT2D eigenvalue weighted by molar-refractivity contribution is -0.155. The van der Waals surface area contributed by atoms with E-state index in [1.165, 1.54) is 0 Å². The monoisotopic (exact) mass is 300 g/mol. The Morgan fingerprint density at radius 1 is 0.857 bits per heavy atom. The number of halogens is 4. The summed E-state index contributed by atoms with van der Waals surface area (Å²) in [5.41, 5.74) is -4.83. The molecule has 0 aliphatic rings. The first-order chi connectivity index (χ1) is 9.76. The molecule has 110 valence electrons. The van der Waals surface area contributed by atoms with Crippen LogP contribution in [0.1, 0.15) is 11.1 Å². The van der Waals surface area contributed by atoms with E-state index in [4.69, 9.17) is 5.11 Å². The summed E-state index contributed by atoms with van der Waals surface area (Å²) in [6.07, 6.45) is 0. The predicted octanol–water partition coefficient (Wildman–Crippen LogP) is 2.56. The summed E-state index contributed by atoms with van der Waals surface area (Å²) < 4.78 is 53.2. The van der Waals surface area contributed by atoms with Crippen molar-refractivity contribution < 1.29 is 32.6 Å². The van der Waals surface area contributed by atoms with E-state index < -0.39 is 46.0 Å². The maximum absolute atomic E-state index is 13.7. The Morgan fingerprint density at radius 3 is 1.52 bits per heavy atom. The fraction of sp³-hybridized carbons (Fsp3) is 0.0714. The van der Waals surface area contributed by atoms with Crippen molar-refractivity contribution in [3.63, 3.8) is 0 Å². The summed E-state index contributed by atoms with van der Waals surface area (Å²) in [7, 11) is 0. The summed E-state index contributed by atoms with van der Waals surface area (Å²) in [6.45, 7) is 0. The van der Waals surface area contributed by atoms with E-state index in [-0.39, 0.29) is 0 Å². The van der Waals surface area contributed by atoms with Crippen molar-refractivity contribution in [2.45, 2.75) is 5.60 Å². The number of benzene rings is 2. The first-order valence-corrected chi connectivity index (χ1v) is 5.63. The average Bonchev–Trinajstić information content (AvgIpc) is 2.37. The predicted molar refractivity (Wildman–Crippen MR) is 63.4 cm³/mol. The molecule has 0 bridgehead atoms. The van der Waals surface area contributed by atoms with Crippen LogP contribution in [0.15, 0.2) is 36.4 Å². The van der Waals surface area contributed by atoms with Crippen LogP contribution in [0.5, 0.6) is 0 Å². The normalized spacial score (nSPS) is 11.5. The Labute approximate surface area is 116 Å². The number of aliphatic carboxylic acids is 1. The molecule has 0 aromatic heterocycles. The second-order valence-corrected chi connectivity index (χ2v) is 4.26. The van der Waals surface area contributed by atoms with Crippen LogP contribution in [0.2, 0.25) is 0 Å². The molecule has 0 unspecified atom stereocenters. The highest BCUT2D eigenvalue weighted by atomic mass is 19.1. The Balaban J connectivity index is 2.74. The molecule has 3 nitrogen and oxygen atoms in total. The van der Waals surface area contributed by atoms with Gasteiger partial charge in [-0.1, -0.05) is 0 Å². The number of carbonyl (C=O) groups is 1. The number of aliphatic hydroxyl groups is 1. The summed E-state index contributed by atoms with van der Waals surface area (Å²) in [5.74, 6) is -6.72. The zero-order valence-electron chi connectivity index (χ0n) is 10.3. The first-order valence-electron chi connectivity index (χ1n) is 5.63. The van der Waals surface area contributed by atoms with Crippen LogP contribution in [0.25, 0.3) is 0 Å². The molecule has 2 N–H and O–H groups in total. The molecule has 0 heterocycles. The highest BCUT2D eigenvalue weighted by Crippen LogP contribution is 2.34. The Kier molecular flexibility index (Phi) is 3.69. The fourth-order valence-corrected chi connectivity index (χ4v) is 1.94. The van der Waals surface area contributed by atoms with Crippen molar-refractivity contribution in [2.24, 2.45) is 0 Å². The molecule has 0 fully saturated rings. The topological polar surface area (TPSA) is 57.5 Å². The highest BCUT2D eigenvalue weighted by molar-refractivity contribution is 5.83. The van der Waals surface area contributed by atoms with Gasteiger partial charge in [0.25, 0.3) is 0 Å². The largest absolute Gasteiger partial charge is 0.479 e. The van der Waals surface area contributed by atoms with Gasteiger partial charge in [0.15, 0.2) is 0 Å². The standard InChI is InChI=1S/C14H8F4O3/c15-7-1-3-9(11(17)5-7)14(21,13(19)20)10-4-2-8(16)6-12(10)18/h1-6,21H,(H,19,20). The van der Waals surface area contributed by atoms with Gasteiger partial charge >= 0.3 is 5.97 Å². The van der Waals surface area contributed by atoms with Crippen molar-refractivity contribution in [1.82, 2.24) is 0 Å². The molecule has 2 aromatic rings. The Morgan fingerprint density at radius 2 is 1.24 bits per heavy atom. The minimum atomic E-state index is -3.12. The van der Waals surface area contributed by atoms with Gasteiger partial charge in [0.2, 0.25) is 5.60 Å². The molecule has 0 saturated carbocycles. The van der Waals surface area contributed by atoms with Gasteiger partial charge in [0, 0.05) is 23.3 Å². The van der Waals surface area contributed by atoms with Crippen LogP contribution in [0, 0.1) is 23.3 Å². The number of hydrogen-bond acceptors (Lipinski definition) is 2. The lowest BCUT2D eigenvalue weighted by Gasteiger charge is -2.25. The summed E-state index contributed by atoms with van der Waals surface area (Å²) in [4.78, 5) is 11.3. The Bertz CT molecular complexity index is 664. The van der Waals surface area contributed by atoms with Crippen LogP contribution in [-0.4, -0.2) is 16.2 Å². The van der Waals surface area contributed by atoms with Crippen LogP contribution >= 0.6 is 0 Å². The maximum Gasteiger partial charge on any atom is 0.345 e. The van der Waals surface area contributed by atoms with Gasteiger partial charge in [-0.2, -0.15) is 0 Å². The molecular weight excluding hydrogens is 292 g/mol. The van der Waals surface area contributed by atoms with E-state index in [0.29, 0.717) is 36.4 Å². The number of carboxylic acids is 1. The minimum Gasteiger partial charge on any atom is -0.479 e. The molecule has 0 aliphatic heterocycles. The molecule has 0 spiro atoms. The lowest BCUT2D eigenvalue weighted by atomic mass is 9.85. The van der Waals surface area contributed by atoms with Gasteiger partial charge in [0.1, 0.15) is 23.3 Å². The van der Waals surface area contributed by atoms with E-state index >= 15 is 0 Å². The van der Waals surface area contributed by atoms with Gasteiger partial charge < -0.3 is 10.2 Å². The zero-order valence-corrected chi connectivity index (χ0v) is 10.3. The molecule has 2 rings (SSSR count).